The minimum absolute atomic E-state index is 0.265. The third-order valence-electron chi connectivity index (χ3n) is 4.27. The number of hydrogen-bond acceptors (Lipinski definition) is 6. The van der Waals surface area contributed by atoms with Gasteiger partial charge in [-0.05, 0) is 37.1 Å². The Morgan fingerprint density at radius 3 is 2.57 bits per heavy atom. The van der Waals surface area contributed by atoms with Crippen molar-refractivity contribution in [2.24, 2.45) is 5.73 Å². The lowest BCUT2D eigenvalue weighted by atomic mass is 10.1. The molecule has 0 bridgehead atoms. The van der Waals surface area contributed by atoms with E-state index in [0.29, 0.717) is 5.82 Å². The van der Waals surface area contributed by atoms with Crippen molar-refractivity contribution in [1.29, 1.82) is 0 Å². The Bertz CT molecular complexity index is 833. The number of rotatable bonds is 2. The summed E-state index contributed by atoms with van der Waals surface area (Å²) >= 11 is 0. The Hall–Kier alpha value is -2.67. The van der Waals surface area contributed by atoms with E-state index in [1.54, 1.807) is 12.4 Å². The van der Waals surface area contributed by atoms with Crippen LogP contribution in [0.3, 0.4) is 0 Å². The molecule has 1 aliphatic heterocycles. The second-order valence-corrected chi connectivity index (χ2v) is 5.82. The number of aromatic nitrogens is 4. The normalized spacial score (nSPS) is 16.1. The maximum atomic E-state index is 6.07. The Balaban J connectivity index is 1.90. The molecule has 23 heavy (non-hydrogen) atoms. The fourth-order valence-electron chi connectivity index (χ4n) is 3.04. The van der Waals surface area contributed by atoms with Gasteiger partial charge in [0.2, 0.25) is 0 Å². The first-order valence-electron chi connectivity index (χ1n) is 7.79. The summed E-state index contributed by atoms with van der Waals surface area (Å²) in [6, 6.07) is 7.93. The SMILES string of the molecule is Nc1ncccc1-c1nc2cccnc2n1N1CCC(N)CC1. The Labute approximate surface area is 133 Å². The highest BCUT2D eigenvalue weighted by Crippen LogP contribution is 2.27. The molecule has 0 radical (unpaired) electrons. The zero-order valence-corrected chi connectivity index (χ0v) is 12.8. The van der Waals surface area contributed by atoms with Crippen LogP contribution >= 0.6 is 0 Å². The fourth-order valence-corrected chi connectivity index (χ4v) is 3.04. The van der Waals surface area contributed by atoms with Crippen LogP contribution in [0.4, 0.5) is 5.82 Å². The molecule has 3 aromatic rings. The number of nitrogen functional groups attached to an aromatic ring is 1. The number of nitrogens with zero attached hydrogens (tertiary/aromatic N) is 5. The summed E-state index contributed by atoms with van der Waals surface area (Å²) in [5.41, 5.74) is 14.6. The van der Waals surface area contributed by atoms with E-state index in [4.69, 9.17) is 16.5 Å². The minimum Gasteiger partial charge on any atom is -0.383 e. The molecule has 3 aromatic heterocycles. The number of piperidine rings is 1. The van der Waals surface area contributed by atoms with Crippen molar-refractivity contribution in [3.63, 3.8) is 0 Å². The van der Waals surface area contributed by atoms with Gasteiger partial charge in [-0.25, -0.2) is 19.6 Å². The molecule has 4 N–H and O–H groups in total. The number of anilines is 1. The van der Waals surface area contributed by atoms with E-state index in [1.807, 2.05) is 24.3 Å². The Morgan fingerprint density at radius 2 is 1.78 bits per heavy atom. The minimum atomic E-state index is 0.265. The van der Waals surface area contributed by atoms with Crippen LogP contribution in [-0.4, -0.2) is 38.8 Å². The second kappa shape index (κ2) is 5.51. The van der Waals surface area contributed by atoms with E-state index >= 15 is 0 Å². The molecule has 0 aromatic carbocycles. The van der Waals surface area contributed by atoms with Crippen molar-refractivity contribution in [2.45, 2.75) is 18.9 Å². The summed E-state index contributed by atoms with van der Waals surface area (Å²) < 4.78 is 2.06. The highest BCUT2D eigenvalue weighted by atomic mass is 15.6. The van der Waals surface area contributed by atoms with Gasteiger partial charge in [0, 0.05) is 31.5 Å². The monoisotopic (exact) mass is 309 g/mol. The first-order chi connectivity index (χ1) is 11.2. The van der Waals surface area contributed by atoms with Gasteiger partial charge < -0.3 is 16.5 Å². The fraction of sp³-hybridized carbons (Fsp3) is 0.312. The summed E-state index contributed by atoms with van der Waals surface area (Å²) in [7, 11) is 0. The van der Waals surface area contributed by atoms with E-state index < -0.39 is 0 Å². The van der Waals surface area contributed by atoms with Crippen LogP contribution in [0.15, 0.2) is 36.7 Å². The maximum Gasteiger partial charge on any atom is 0.179 e. The number of imidazole rings is 1. The summed E-state index contributed by atoms with van der Waals surface area (Å²) in [6.07, 6.45) is 5.37. The predicted octanol–water partition coefficient (Wildman–Crippen LogP) is 1.13. The molecule has 1 aliphatic rings. The van der Waals surface area contributed by atoms with Gasteiger partial charge in [0.1, 0.15) is 11.3 Å². The van der Waals surface area contributed by atoms with Crippen LogP contribution in [0.2, 0.25) is 0 Å². The highest BCUT2D eigenvalue weighted by molar-refractivity contribution is 5.80. The zero-order valence-electron chi connectivity index (χ0n) is 12.8. The predicted molar refractivity (Wildman–Crippen MR) is 90.3 cm³/mol. The largest absolute Gasteiger partial charge is 0.383 e. The van der Waals surface area contributed by atoms with Gasteiger partial charge in [-0.15, -0.1) is 0 Å². The summed E-state index contributed by atoms with van der Waals surface area (Å²) in [5, 5.41) is 2.24. The van der Waals surface area contributed by atoms with Crippen LogP contribution in [-0.2, 0) is 0 Å². The van der Waals surface area contributed by atoms with E-state index in [2.05, 4.69) is 19.7 Å². The lowest BCUT2D eigenvalue weighted by Gasteiger charge is -2.33. The van der Waals surface area contributed by atoms with Crippen molar-refractivity contribution >= 4 is 17.0 Å². The smallest absolute Gasteiger partial charge is 0.179 e. The van der Waals surface area contributed by atoms with E-state index in [0.717, 1.165) is 48.5 Å². The van der Waals surface area contributed by atoms with Gasteiger partial charge in [0.05, 0.1) is 5.56 Å². The number of hydrogen-bond donors (Lipinski definition) is 2. The van der Waals surface area contributed by atoms with Crippen LogP contribution in [0.25, 0.3) is 22.6 Å². The van der Waals surface area contributed by atoms with E-state index in [9.17, 15) is 0 Å². The topological polar surface area (TPSA) is 98.9 Å². The average molecular weight is 309 g/mol. The van der Waals surface area contributed by atoms with Gasteiger partial charge in [-0.1, -0.05) is 0 Å². The first-order valence-corrected chi connectivity index (χ1v) is 7.79. The summed E-state index contributed by atoms with van der Waals surface area (Å²) in [5.74, 6) is 1.25. The summed E-state index contributed by atoms with van der Waals surface area (Å²) in [4.78, 5) is 13.5. The molecule has 118 valence electrons. The van der Waals surface area contributed by atoms with Crippen molar-refractivity contribution in [1.82, 2.24) is 19.6 Å². The van der Waals surface area contributed by atoms with Crippen LogP contribution in [0.5, 0.6) is 0 Å². The lowest BCUT2D eigenvalue weighted by Crippen LogP contribution is -2.45. The quantitative estimate of drug-likeness (QED) is 0.736. The Kier molecular flexibility index (Phi) is 3.34. The molecule has 1 saturated heterocycles. The van der Waals surface area contributed by atoms with Crippen LogP contribution in [0.1, 0.15) is 12.8 Å². The number of fused-ring (bicyclic) bond motifs is 1. The number of nitrogens with two attached hydrogens (primary N) is 2. The van der Waals surface area contributed by atoms with Gasteiger partial charge in [0.25, 0.3) is 0 Å². The first kappa shape index (κ1) is 14.0. The molecule has 7 nitrogen and oxygen atoms in total. The van der Waals surface area contributed by atoms with Crippen LogP contribution < -0.4 is 16.5 Å². The van der Waals surface area contributed by atoms with Crippen molar-refractivity contribution in [2.75, 3.05) is 23.8 Å². The van der Waals surface area contributed by atoms with Crippen LogP contribution in [0, 0.1) is 0 Å². The van der Waals surface area contributed by atoms with Crippen molar-refractivity contribution in [3.8, 4) is 11.4 Å². The van der Waals surface area contributed by atoms with Gasteiger partial charge in [-0.2, -0.15) is 0 Å². The molecule has 0 amide bonds. The van der Waals surface area contributed by atoms with Gasteiger partial charge in [-0.3, -0.25) is 0 Å². The molecule has 0 atom stereocenters. The van der Waals surface area contributed by atoms with Crippen molar-refractivity contribution in [3.05, 3.63) is 36.7 Å². The molecule has 0 aliphatic carbocycles. The zero-order chi connectivity index (χ0) is 15.8. The molecular weight excluding hydrogens is 290 g/mol. The molecule has 0 saturated carbocycles. The number of pyridine rings is 2. The second-order valence-electron chi connectivity index (χ2n) is 5.82. The maximum absolute atomic E-state index is 6.07. The standard InChI is InChI=1S/C16H19N7/c17-11-5-9-22(10-6-11)23-15(12-3-1-7-19-14(12)18)21-13-4-2-8-20-16(13)23/h1-4,7-8,11H,5-6,9-10,17H2,(H2,18,19). The van der Waals surface area contributed by atoms with Gasteiger partial charge in [0.15, 0.2) is 11.5 Å². The molecule has 7 heteroatoms. The third kappa shape index (κ3) is 2.39. The molecule has 4 rings (SSSR count). The molecule has 0 unspecified atom stereocenters. The molecule has 1 fully saturated rings. The Morgan fingerprint density at radius 1 is 1.04 bits per heavy atom. The van der Waals surface area contributed by atoms with E-state index in [1.165, 1.54) is 0 Å². The van der Waals surface area contributed by atoms with Gasteiger partial charge >= 0.3 is 0 Å². The average Bonchev–Trinajstić information content (AvgIpc) is 2.95. The summed E-state index contributed by atoms with van der Waals surface area (Å²) in [6.45, 7) is 1.74. The molecular formula is C16H19N7. The molecule has 4 heterocycles. The third-order valence-corrected chi connectivity index (χ3v) is 4.27. The van der Waals surface area contributed by atoms with Crippen molar-refractivity contribution < 1.29 is 0 Å². The van der Waals surface area contributed by atoms with E-state index in [-0.39, 0.29) is 6.04 Å². The molecule has 0 spiro atoms. The highest BCUT2D eigenvalue weighted by Gasteiger charge is 2.23. The lowest BCUT2D eigenvalue weighted by molar-refractivity contribution is 0.439.